The second-order valence-electron chi connectivity index (χ2n) is 7.38. The van der Waals surface area contributed by atoms with Crippen molar-refractivity contribution in [2.24, 2.45) is 5.92 Å². The quantitative estimate of drug-likeness (QED) is 0.181. The first-order valence-corrected chi connectivity index (χ1v) is 11.3. The number of carbonyl (C=O) groups excluding carboxylic acids is 2. The van der Waals surface area contributed by atoms with Crippen LogP contribution < -0.4 is 0 Å². The molecule has 0 aliphatic heterocycles. The highest BCUT2D eigenvalue weighted by atomic mass is 127. The van der Waals surface area contributed by atoms with Crippen molar-refractivity contribution in [2.45, 2.75) is 97.2 Å². The molecule has 0 saturated heterocycles. The lowest BCUT2D eigenvalue weighted by Crippen LogP contribution is -2.25. The minimum atomic E-state index is -0.122. The predicted octanol–water partition coefficient (Wildman–Crippen LogP) is 5.76. The van der Waals surface area contributed by atoms with Crippen LogP contribution in [0.4, 0.5) is 0 Å². The highest BCUT2D eigenvalue weighted by Crippen LogP contribution is 2.33. The molecule has 0 N–H and O–H groups in total. The predicted molar refractivity (Wildman–Crippen MR) is 113 cm³/mol. The van der Waals surface area contributed by atoms with Gasteiger partial charge in [0.1, 0.15) is 0 Å². The van der Waals surface area contributed by atoms with Crippen molar-refractivity contribution in [1.82, 2.24) is 0 Å². The van der Waals surface area contributed by atoms with Crippen LogP contribution in [0.15, 0.2) is 9.66 Å². The molecule has 0 amide bonds. The summed E-state index contributed by atoms with van der Waals surface area (Å²) < 4.78 is 12.2. The molecular formula is C21H35IO4. The van der Waals surface area contributed by atoms with E-state index in [1.165, 1.54) is 25.7 Å². The molecule has 26 heavy (non-hydrogen) atoms. The fraction of sp³-hybridized carbons (Fsp3) is 0.810. The van der Waals surface area contributed by atoms with Gasteiger partial charge >= 0.3 is 5.97 Å². The number of ether oxygens (including phenoxy) is 2. The standard InChI is InChI=1S/C21H35IO4/c1-4-5-6-7-9-12-17-19(23)15-18(22)21(17)25-14-11-8-10-13-20(24)26-16(2)3/h15-17,21H,4-14H2,1-3H3/t17-,21-/m0/s1. The summed E-state index contributed by atoms with van der Waals surface area (Å²) in [5, 5.41) is 0. The van der Waals surface area contributed by atoms with Gasteiger partial charge in [-0.2, -0.15) is 0 Å². The molecule has 1 aliphatic rings. The molecule has 0 aromatic carbocycles. The highest BCUT2D eigenvalue weighted by Gasteiger charge is 2.35. The number of unbranched alkanes of at least 4 members (excludes halogenated alkanes) is 6. The van der Waals surface area contributed by atoms with Crippen molar-refractivity contribution in [2.75, 3.05) is 6.61 Å². The number of hydrogen-bond acceptors (Lipinski definition) is 4. The molecule has 0 aromatic rings. The Morgan fingerprint density at radius 3 is 2.50 bits per heavy atom. The van der Waals surface area contributed by atoms with Gasteiger partial charge in [-0.1, -0.05) is 45.4 Å². The van der Waals surface area contributed by atoms with Crippen LogP contribution in [0.25, 0.3) is 0 Å². The third-order valence-electron chi connectivity index (χ3n) is 4.59. The number of rotatable bonds is 14. The summed E-state index contributed by atoms with van der Waals surface area (Å²) in [4.78, 5) is 23.7. The van der Waals surface area contributed by atoms with E-state index >= 15 is 0 Å². The van der Waals surface area contributed by atoms with E-state index in [4.69, 9.17) is 9.47 Å². The Labute approximate surface area is 172 Å². The third kappa shape index (κ3) is 9.49. The van der Waals surface area contributed by atoms with E-state index in [1.807, 2.05) is 13.8 Å². The summed E-state index contributed by atoms with van der Waals surface area (Å²) in [5.74, 6) is 0.110. The number of allylic oxidation sites excluding steroid dienone is 1. The van der Waals surface area contributed by atoms with Crippen LogP contribution in [0.3, 0.4) is 0 Å². The van der Waals surface area contributed by atoms with Crippen molar-refractivity contribution >= 4 is 34.3 Å². The number of esters is 1. The fourth-order valence-corrected chi connectivity index (χ4v) is 4.12. The monoisotopic (exact) mass is 478 g/mol. The second-order valence-corrected chi connectivity index (χ2v) is 8.63. The molecule has 5 heteroatoms. The summed E-state index contributed by atoms with van der Waals surface area (Å²) in [6, 6.07) is 0. The Bertz CT molecular complexity index is 459. The van der Waals surface area contributed by atoms with Gasteiger partial charge in [0, 0.05) is 16.6 Å². The largest absolute Gasteiger partial charge is 0.463 e. The SMILES string of the molecule is CCCCCCC[C@H]1C(=O)C=C(I)[C@H]1OCCCCCC(=O)OC(C)C. The lowest BCUT2D eigenvalue weighted by Gasteiger charge is -2.20. The zero-order valence-corrected chi connectivity index (χ0v) is 18.8. The van der Waals surface area contributed by atoms with Crippen molar-refractivity contribution in [1.29, 1.82) is 0 Å². The molecule has 0 unspecified atom stereocenters. The Hall–Kier alpha value is -0.430. The highest BCUT2D eigenvalue weighted by molar-refractivity contribution is 14.1. The smallest absolute Gasteiger partial charge is 0.306 e. The topological polar surface area (TPSA) is 52.6 Å². The van der Waals surface area contributed by atoms with E-state index in [0.717, 1.165) is 35.7 Å². The van der Waals surface area contributed by atoms with Crippen LogP contribution in [0.1, 0.15) is 85.0 Å². The third-order valence-corrected chi connectivity index (χ3v) is 5.52. The number of ketones is 1. The molecule has 1 rings (SSSR count). The van der Waals surface area contributed by atoms with Crippen LogP contribution in [0.2, 0.25) is 0 Å². The summed E-state index contributed by atoms with van der Waals surface area (Å²) in [7, 11) is 0. The number of halogens is 1. The molecule has 150 valence electrons. The first-order valence-electron chi connectivity index (χ1n) is 10.2. The number of carbonyl (C=O) groups is 2. The molecule has 2 atom stereocenters. The van der Waals surface area contributed by atoms with E-state index in [0.29, 0.717) is 13.0 Å². The van der Waals surface area contributed by atoms with E-state index in [1.54, 1.807) is 6.08 Å². The lowest BCUT2D eigenvalue weighted by atomic mass is 9.95. The minimum absolute atomic E-state index is 0.00421. The van der Waals surface area contributed by atoms with Crippen molar-refractivity contribution in [3.63, 3.8) is 0 Å². The molecule has 0 aromatic heterocycles. The first-order chi connectivity index (χ1) is 12.5. The van der Waals surface area contributed by atoms with Crippen LogP contribution in [-0.2, 0) is 19.1 Å². The first kappa shape index (κ1) is 23.6. The van der Waals surface area contributed by atoms with Crippen molar-refractivity contribution in [3.8, 4) is 0 Å². The van der Waals surface area contributed by atoms with Gasteiger partial charge in [0.25, 0.3) is 0 Å². The molecule has 0 spiro atoms. The van der Waals surface area contributed by atoms with Crippen molar-refractivity contribution in [3.05, 3.63) is 9.66 Å². The second kappa shape index (κ2) is 13.7. The Morgan fingerprint density at radius 1 is 1.12 bits per heavy atom. The Morgan fingerprint density at radius 2 is 1.81 bits per heavy atom. The van der Waals surface area contributed by atoms with Gasteiger partial charge in [0.05, 0.1) is 18.1 Å². The van der Waals surface area contributed by atoms with Crippen LogP contribution in [0, 0.1) is 5.92 Å². The maximum Gasteiger partial charge on any atom is 0.306 e. The summed E-state index contributed by atoms with van der Waals surface area (Å²) in [6.07, 6.45) is 11.8. The van der Waals surface area contributed by atoms with Gasteiger partial charge in [0.15, 0.2) is 5.78 Å². The van der Waals surface area contributed by atoms with Crippen LogP contribution in [0.5, 0.6) is 0 Å². The molecule has 0 heterocycles. The summed E-state index contributed by atoms with van der Waals surface area (Å²) >= 11 is 2.24. The maximum atomic E-state index is 12.2. The number of hydrogen-bond donors (Lipinski definition) is 0. The van der Waals surface area contributed by atoms with E-state index in [-0.39, 0.29) is 29.9 Å². The van der Waals surface area contributed by atoms with Gasteiger partial charge in [-0.3, -0.25) is 9.59 Å². The summed E-state index contributed by atoms with van der Waals surface area (Å²) in [5.41, 5.74) is 0. The molecular weight excluding hydrogens is 443 g/mol. The van der Waals surface area contributed by atoms with Gasteiger partial charge in [-0.25, -0.2) is 0 Å². The Balaban J connectivity index is 2.21. The minimum Gasteiger partial charge on any atom is -0.463 e. The molecule has 4 nitrogen and oxygen atoms in total. The fourth-order valence-electron chi connectivity index (χ4n) is 3.20. The van der Waals surface area contributed by atoms with Crippen molar-refractivity contribution < 1.29 is 19.1 Å². The normalized spacial score (nSPS) is 19.9. The Kier molecular flexibility index (Phi) is 12.4. The molecule has 0 fully saturated rings. The van der Waals surface area contributed by atoms with Gasteiger partial charge in [-0.15, -0.1) is 0 Å². The zero-order valence-electron chi connectivity index (χ0n) is 16.6. The molecule has 0 bridgehead atoms. The van der Waals surface area contributed by atoms with Crippen LogP contribution >= 0.6 is 22.6 Å². The molecule has 0 radical (unpaired) electrons. The van der Waals surface area contributed by atoms with Gasteiger partial charge < -0.3 is 9.47 Å². The van der Waals surface area contributed by atoms with Crippen LogP contribution in [-0.4, -0.2) is 30.6 Å². The summed E-state index contributed by atoms with van der Waals surface area (Å²) in [6.45, 7) is 6.59. The van der Waals surface area contributed by atoms with E-state index in [9.17, 15) is 9.59 Å². The zero-order chi connectivity index (χ0) is 19.4. The van der Waals surface area contributed by atoms with E-state index in [2.05, 4.69) is 29.5 Å². The molecule has 0 saturated carbocycles. The van der Waals surface area contributed by atoms with Gasteiger partial charge in [0.2, 0.25) is 0 Å². The lowest BCUT2D eigenvalue weighted by molar-refractivity contribution is -0.147. The average molecular weight is 478 g/mol. The average Bonchev–Trinajstić information content (AvgIpc) is 2.83. The molecule has 1 aliphatic carbocycles. The maximum absolute atomic E-state index is 12.2. The van der Waals surface area contributed by atoms with Gasteiger partial charge in [-0.05, 0) is 61.8 Å². The van der Waals surface area contributed by atoms with E-state index < -0.39 is 0 Å².